The van der Waals surface area contributed by atoms with Crippen LogP contribution in [0.3, 0.4) is 0 Å². The third-order valence-electron chi connectivity index (χ3n) is 4.65. The molecule has 0 unspecified atom stereocenters. The van der Waals surface area contributed by atoms with Crippen LogP contribution in [0.5, 0.6) is 0 Å². The second-order valence-electron chi connectivity index (χ2n) is 6.82. The molecule has 0 aliphatic heterocycles. The lowest BCUT2D eigenvalue weighted by Crippen LogP contribution is -2.30. The minimum absolute atomic E-state index is 0.624. The van der Waals surface area contributed by atoms with Crippen molar-refractivity contribution in [1.29, 1.82) is 0 Å². The topological polar surface area (TPSA) is 61.9 Å². The number of rotatable bonds is 7. The lowest BCUT2D eigenvalue weighted by molar-refractivity contribution is 0.809. The second kappa shape index (κ2) is 9.55. The molecule has 2 aromatic carbocycles. The maximum Gasteiger partial charge on any atom is 0.170 e. The molecule has 30 heavy (non-hydrogen) atoms. The van der Waals surface area contributed by atoms with Crippen molar-refractivity contribution in [1.82, 2.24) is 15.3 Å². The smallest absolute Gasteiger partial charge is 0.170 e. The summed E-state index contributed by atoms with van der Waals surface area (Å²) in [7, 11) is 0. The van der Waals surface area contributed by atoms with E-state index in [0.717, 1.165) is 58.7 Å². The molecule has 0 saturated carbocycles. The van der Waals surface area contributed by atoms with Gasteiger partial charge in [0.1, 0.15) is 0 Å². The summed E-state index contributed by atoms with van der Waals surface area (Å²) in [5, 5.41) is 13.5. The zero-order valence-corrected chi connectivity index (χ0v) is 18.9. The van der Waals surface area contributed by atoms with E-state index in [9.17, 15) is 0 Å². The van der Waals surface area contributed by atoms with Gasteiger partial charge in [-0.2, -0.15) is 0 Å². The van der Waals surface area contributed by atoms with Gasteiger partial charge in [0, 0.05) is 41.1 Å². The van der Waals surface area contributed by atoms with Gasteiger partial charge in [0.05, 0.1) is 20.7 Å². The number of nitrogens with one attached hydrogen (secondary N) is 3. The lowest BCUT2D eigenvalue weighted by atomic mass is 10.2. The summed E-state index contributed by atoms with van der Waals surface area (Å²) in [4.78, 5) is 8.96. The number of fused-ring (bicyclic) bond motifs is 2. The van der Waals surface area contributed by atoms with Crippen LogP contribution in [0.1, 0.15) is 18.4 Å². The normalized spacial score (nSPS) is 11.0. The molecule has 0 saturated heterocycles. The zero-order valence-electron chi connectivity index (χ0n) is 16.5. The molecule has 4 rings (SSSR count). The van der Waals surface area contributed by atoms with Crippen molar-refractivity contribution >= 4 is 72.8 Å². The van der Waals surface area contributed by atoms with Crippen LogP contribution in [0, 0.1) is 0 Å². The Balaban J connectivity index is 1.24. The van der Waals surface area contributed by atoms with Crippen molar-refractivity contribution in [3.63, 3.8) is 0 Å². The molecule has 0 bridgehead atoms. The molecule has 0 amide bonds. The third kappa shape index (κ3) is 4.98. The monoisotopic (exact) mass is 455 g/mol. The van der Waals surface area contributed by atoms with E-state index < -0.39 is 0 Å². The molecule has 0 radical (unpaired) electrons. The van der Waals surface area contributed by atoms with Crippen molar-refractivity contribution in [3.8, 4) is 0 Å². The first-order valence-corrected chi connectivity index (χ1v) is 11.4. The number of thiocarbonyl (C=S) groups is 1. The second-order valence-corrected chi connectivity index (χ2v) is 8.78. The van der Waals surface area contributed by atoms with Gasteiger partial charge in [0.15, 0.2) is 5.11 Å². The minimum Gasteiger partial charge on any atom is -0.384 e. The largest absolute Gasteiger partial charge is 0.384 e. The molecule has 0 spiro atoms. The third-order valence-corrected chi connectivity index (χ3v) is 6.30. The van der Waals surface area contributed by atoms with E-state index in [1.54, 1.807) is 17.5 Å². The standard InChI is InChI=1S/C22H22ClN5S2/c1-2-21-28-18-7-5-15(13-20(18)30-21)27-22(29)26-10-3-9-24-17-8-11-25-19-12-14(23)4-6-16(17)19/h4-8,11-13H,2-3,9-10H2,1H3,(H,24,25)(H2,26,27,29). The summed E-state index contributed by atoms with van der Waals surface area (Å²) in [5.41, 5.74) is 3.96. The number of anilines is 2. The molecule has 0 aliphatic rings. The molecule has 8 heteroatoms. The van der Waals surface area contributed by atoms with Gasteiger partial charge in [0.25, 0.3) is 0 Å². The van der Waals surface area contributed by atoms with Crippen LogP contribution >= 0.6 is 35.2 Å². The molecule has 0 fully saturated rings. The Morgan fingerprint density at radius 3 is 2.87 bits per heavy atom. The van der Waals surface area contributed by atoms with Crippen molar-refractivity contribution in [2.24, 2.45) is 0 Å². The van der Waals surface area contributed by atoms with Gasteiger partial charge >= 0.3 is 0 Å². The lowest BCUT2D eigenvalue weighted by Gasteiger charge is -2.12. The fourth-order valence-corrected chi connectivity index (χ4v) is 4.50. The fourth-order valence-electron chi connectivity index (χ4n) is 3.17. The number of nitrogens with zero attached hydrogens (tertiary/aromatic N) is 2. The first-order valence-electron chi connectivity index (χ1n) is 9.85. The predicted molar refractivity (Wildman–Crippen MR) is 133 cm³/mol. The molecule has 4 aromatic rings. The van der Waals surface area contributed by atoms with Crippen molar-refractivity contribution < 1.29 is 0 Å². The molecule has 0 aliphatic carbocycles. The number of aromatic nitrogens is 2. The molecule has 2 aromatic heterocycles. The molecule has 0 atom stereocenters. The first kappa shape index (κ1) is 20.8. The summed E-state index contributed by atoms with van der Waals surface area (Å²) in [6.07, 6.45) is 3.67. The van der Waals surface area contributed by atoms with Crippen LogP contribution in [0.15, 0.2) is 48.7 Å². The van der Waals surface area contributed by atoms with Crippen molar-refractivity contribution in [2.45, 2.75) is 19.8 Å². The summed E-state index contributed by atoms with van der Waals surface area (Å²) < 4.78 is 1.18. The van der Waals surface area contributed by atoms with Crippen molar-refractivity contribution in [2.75, 3.05) is 23.7 Å². The highest BCUT2D eigenvalue weighted by atomic mass is 35.5. The van der Waals surface area contributed by atoms with Gasteiger partial charge in [0.2, 0.25) is 0 Å². The number of hydrogen-bond donors (Lipinski definition) is 3. The Bertz CT molecular complexity index is 1190. The van der Waals surface area contributed by atoms with E-state index >= 15 is 0 Å². The summed E-state index contributed by atoms with van der Waals surface area (Å²) in [5.74, 6) is 0. The van der Waals surface area contributed by atoms with Crippen LogP contribution in [0.2, 0.25) is 5.02 Å². The van der Waals surface area contributed by atoms with E-state index in [1.165, 1.54) is 4.70 Å². The average molecular weight is 456 g/mol. The van der Waals surface area contributed by atoms with Crippen LogP contribution < -0.4 is 16.0 Å². The Labute approximate surface area is 189 Å². The summed E-state index contributed by atoms with van der Waals surface area (Å²) >= 11 is 13.2. The molecule has 3 N–H and O–H groups in total. The van der Waals surface area contributed by atoms with E-state index in [-0.39, 0.29) is 0 Å². The number of hydrogen-bond acceptors (Lipinski definition) is 5. The average Bonchev–Trinajstić information content (AvgIpc) is 3.16. The van der Waals surface area contributed by atoms with Gasteiger partial charge in [-0.05, 0) is 67.5 Å². The Morgan fingerprint density at radius 1 is 1.10 bits per heavy atom. The Morgan fingerprint density at radius 2 is 2.00 bits per heavy atom. The molecular weight excluding hydrogens is 434 g/mol. The number of benzene rings is 2. The molecule has 2 heterocycles. The van der Waals surface area contributed by atoms with Gasteiger partial charge in [-0.15, -0.1) is 11.3 Å². The highest BCUT2D eigenvalue weighted by molar-refractivity contribution is 7.80. The fraction of sp³-hybridized carbons (Fsp3) is 0.227. The Hall–Kier alpha value is -2.48. The van der Waals surface area contributed by atoms with E-state index in [0.29, 0.717) is 10.1 Å². The van der Waals surface area contributed by atoms with Crippen LogP contribution in [-0.4, -0.2) is 28.2 Å². The van der Waals surface area contributed by atoms with Gasteiger partial charge in [-0.1, -0.05) is 18.5 Å². The highest BCUT2D eigenvalue weighted by Gasteiger charge is 2.05. The van der Waals surface area contributed by atoms with E-state index in [1.807, 2.05) is 36.4 Å². The van der Waals surface area contributed by atoms with E-state index in [4.69, 9.17) is 23.8 Å². The number of thiazole rings is 1. The number of aryl methyl sites for hydroxylation is 1. The predicted octanol–water partition coefficient (Wildman–Crippen LogP) is 5.85. The highest BCUT2D eigenvalue weighted by Crippen LogP contribution is 2.26. The summed E-state index contributed by atoms with van der Waals surface area (Å²) in [6, 6.07) is 13.9. The SMILES string of the molecule is CCc1nc2ccc(NC(=S)NCCCNc3ccnc4cc(Cl)ccc34)cc2s1. The Kier molecular flexibility index (Phi) is 6.62. The van der Waals surface area contributed by atoms with Crippen LogP contribution in [-0.2, 0) is 6.42 Å². The van der Waals surface area contributed by atoms with Gasteiger partial charge < -0.3 is 16.0 Å². The van der Waals surface area contributed by atoms with Crippen LogP contribution in [0.4, 0.5) is 11.4 Å². The molecule has 154 valence electrons. The van der Waals surface area contributed by atoms with Crippen LogP contribution in [0.25, 0.3) is 21.1 Å². The minimum atomic E-state index is 0.624. The first-order chi connectivity index (χ1) is 14.6. The van der Waals surface area contributed by atoms with Crippen molar-refractivity contribution in [3.05, 3.63) is 58.7 Å². The number of pyridine rings is 1. The number of halogens is 1. The molecular formula is C22H22ClN5S2. The maximum absolute atomic E-state index is 6.05. The summed E-state index contributed by atoms with van der Waals surface area (Å²) in [6.45, 7) is 3.72. The quantitative estimate of drug-likeness (QED) is 0.240. The van der Waals surface area contributed by atoms with Gasteiger partial charge in [-0.3, -0.25) is 4.98 Å². The molecule has 5 nitrogen and oxygen atoms in total. The van der Waals surface area contributed by atoms with E-state index in [2.05, 4.69) is 38.9 Å². The maximum atomic E-state index is 6.05. The zero-order chi connectivity index (χ0) is 20.9. The van der Waals surface area contributed by atoms with Gasteiger partial charge in [-0.25, -0.2) is 4.98 Å².